The molecule has 0 aliphatic heterocycles. The smallest absolute Gasteiger partial charge is 0.321 e. The fourth-order valence-corrected chi connectivity index (χ4v) is 14.9. The van der Waals surface area contributed by atoms with Crippen LogP contribution in [0.25, 0.3) is 66.4 Å². The van der Waals surface area contributed by atoms with E-state index >= 15 is 0 Å². The first-order chi connectivity index (χ1) is 57.6. The van der Waals surface area contributed by atoms with Crippen LogP contribution in [0.4, 0.5) is 22.7 Å². The second-order valence-electron chi connectivity index (χ2n) is 28.1. The average Bonchev–Trinajstić information content (AvgIpc) is 1.76. The summed E-state index contributed by atoms with van der Waals surface area (Å²) in [5.41, 5.74) is 11.1. The van der Waals surface area contributed by atoms with Crippen molar-refractivity contribution in [1.29, 1.82) is 0 Å². The first kappa shape index (κ1) is 82.5. The van der Waals surface area contributed by atoms with Crippen LogP contribution in [0.2, 0.25) is 0 Å². The Kier molecular flexibility index (Phi) is 25.7. The van der Waals surface area contributed by atoms with E-state index in [0.717, 1.165) is 106 Å². The lowest BCUT2D eigenvalue weighted by Gasteiger charge is -2.36. The summed E-state index contributed by atoms with van der Waals surface area (Å²) in [5.74, 6) is -6.60. The van der Waals surface area contributed by atoms with Crippen molar-refractivity contribution in [2.75, 3.05) is 39.9 Å². The Morgan fingerprint density at radius 3 is 1.17 bits per heavy atom. The molecular weight excluding hydrogens is 1540 g/mol. The number of aliphatic hydroxyl groups excluding tert-OH is 1. The molecule has 5 atom stereocenters. The van der Waals surface area contributed by atoms with Crippen molar-refractivity contribution in [1.82, 2.24) is 49.3 Å². The van der Waals surface area contributed by atoms with Crippen LogP contribution in [0.5, 0.6) is 0 Å². The zero-order chi connectivity index (χ0) is 83.9. The number of nitrogens with one attached hydrogen (secondary N) is 1. The number of fused-ring (bicyclic) bond motifs is 4. The van der Waals surface area contributed by atoms with Crippen LogP contribution in [0.1, 0.15) is 82.3 Å². The third-order valence-corrected chi connectivity index (χ3v) is 21.0. The molecule has 600 valence electrons. The summed E-state index contributed by atoms with van der Waals surface area (Å²) >= 11 is 1.20. The van der Waals surface area contributed by atoms with Gasteiger partial charge in [-0.1, -0.05) is 121 Å². The van der Waals surface area contributed by atoms with Gasteiger partial charge < -0.3 is 24.1 Å². The summed E-state index contributed by atoms with van der Waals surface area (Å²) in [6.45, 7) is 4.28. The molecular formula is C92H77F4N11O11S. The molecule has 0 aliphatic rings. The number of hydrogen-bond donors (Lipinski definition) is 2. The number of ether oxygens (including phenoxy) is 4. The lowest BCUT2D eigenvalue weighted by Crippen LogP contribution is -2.43. The minimum atomic E-state index is -1.21. The molecule has 0 aliphatic carbocycles. The summed E-state index contributed by atoms with van der Waals surface area (Å²) in [7, 11) is 3.82. The van der Waals surface area contributed by atoms with Gasteiger partial charge in [-0.2, -0.15) is 20.4 Å². The lowest BCUT2D eigenvalue weighted by atomic mass is 9.69. The molecule has 0 saturated heterocycles. The molecule has 11 aromatic carbocycles. The Balaban J connectivity index is 0.000000141. The predicted octanol–water partition coefficient (Wildman–Crippen LogP) is 17.1. The van der Waals surface area contributed by atoms with Crippen LogP contribution in [-0.2, 0) is 42.9 Å². The maximum absolute atomic E-state index is 13.8. The van der Waals surface area contributed by atoms with Gasteiger partial charge in [0.15, 0.2) is 5.92 Å². The predicted molar refractivity (Wildman–Crippen MR) is 442 cm³/mol. The summed E-state index contributed by atoms with van der Waals surface area (Å²) in [4.78, 5) is 74.3. The normalized spacial score (nSPS) is 12.9. The Morgan fingerprint density at radius 1 is 0.454 bits per heavy atom. The minimum Gasteiger partial charge on any atom is -0.469 e. The fourth-order valence-electron chi connectivity index (χ4n) is 14.5. The Labute approximate surface area is 683 Å². The van der Waals surface area contributed by atoms with E-state index in [1.807, 2.05) is 152 Å². The number of carbonyl (C=O) groups excluding carboxylic acids is 6. The van der Waals surface area contributed by atoms with Gasteiger partial charge in [0, 0.05) is 51.8 Å². The highest BCUT2D eigenvalue weighted by atomic mass is 32.1. The Hall–Kier alpha value is -14.4. The van der Waals surface area contributed by atoms with Crippen LogP contribution >= 0.6 is 11.3 Å². The van der Waals surface area contributed by atoms with Crippen LogP contribution in [0.3, 0.4) is 0 Å². The van der Waals surface area contributed by atoms with Gasteiger partial charge in [-0.3, -0.25) is 34.1 Å². The molecule has 1 amide bonds. The number of aromatic nitrogens is 10. The van der Waals surface area contributed by atoms with Gasteiger partial charge in [0.1, 0.15) is 41.7 Å². The van der Waals surface area contributed by atoms with Gasteiger partial charge in [-0.15, -0.1) is 10.2 Å². The van der Waals surface area contributed by atoms with Crippen LogP contribution < -0.4 is 5.32 Å². The number of aldehydes is 1. The molecule has 5 unspecified atom stereocenters. The number of carbonyl (C=O) groups is 6. The van der Waals surface area contributed by atoms with Crippen molar-refractivity contribution in [3.8, 4) is 22.7 Å². The monoisotopic (exact) mass is 1620 g/mol. The van der Waals surface area contributed by atoms with Crippen LogP contribution in [-0.4, -0.2) is 125 Å². The number of anilines is 1. The first-order valence-electron chi connectivity index (χ1n) is 37.2. The van der Waals surface area contributed by atoms with E-state index in [0.29, 0.717) is 10.7 Å². The highest BCUT2D eigenvalue weighted by molar-refractivity contribution is 7.13. The van der Waals surface area contributed by atoms with Gasteiger partial charge in [-0.25, -0.2) is 36.3 Å². The maximum Gasteiger partial charge on any atom is 0.321 e. The standard InChI is InChI=1S/C28H24FN5O3S.C25H21FN2O4.C25H23FN2O3.C14H9FN2O/c1-18(35)37-16-28(2,26(36)32-27-33-30-17-38-27)25(19-6-4-3-5-7-19)20-8-13-24-21(14-20)15-31-34(24)23-11-9-22(29)10-12-23;1-31-24(29)23(25(30)32-2)22(16-6-4-3-5-7-16)17-8-13-21-18(14-17)15-27-28(21)20-11-9-19(26)10-12-20;1-25(16-29,24(30)31-2)23(17-6-4-3-5-7-17)18-8-13-22-19(14-18)15-27-28(22)21-11-9-20(26)10-12-21;15-12-2-4-13(5-3-12)17-14-6-1-10(9-18)7-11(14)8-16-17/h3-15,17,25H,16H2,1-2H3,(H,32,33,36);3-15,22-23H,1-2H3;3-15,23,29H,16H2,1-2H3;1-9H. The number of methoxy groups -OCH3 is 3. The average molecular weight is 1620 g/mol. The number of nitrogens with zero attached hydrogens (tertiary/aromatic N) is 10. The molecule has 27 heteroatoms. The number of esters is 4. The van der Waals surface area contributed by atoms with Gasteiger partial charge in [0.05, 0.1) is 108 Å². The largest absolute Gasteiger partial charge is 0.469 e. The second kappa shape index (κ2) is 37.0. The van der Waals surface area contributed by atoms with E-state index in [1.165, 1.54) is 93.6 Å². The summed E-state index contributed by atoms with van der Waals surface area (Å²) in [6.07, 6.45) is 7.64. The molecule has 16 aromatic rings. The van der Waals surface area contributed by atoms with E-state index in [2.05, 4.69) is 35.9 Å². The molecule has 22 nitrogen and oxygen atoms in total. The van der Waals surface area contributed by atoms with Gasteiger partial charge in [0.25, 0.3) is 0 Å². The zero-order valence-electron chi connectivity index (χ0n) is 64.9. The SMILES string of the molecule is CC(=O)OCC(C)(C(=O)Nc1nncs1)C(c1ccccc1)c1ccc2c(cnn2-c2ccc(F)cc2)c1.COC(=O)C(C(=O)OC)C(c1ccccc1)c1ccc2c(cnn2-c2ccc(F)cc2)c1.COC(=O)C(C)(CO)C(c1ccccc1)c1ccc2c(cnn2-c2ccc(F)cc2)c1.O=Cc1ccc2c(cnn2-c2ccc(F)cc2)c1. The fraction of sp³-hybridized carbons (Fsp3) is 0.152. The number of halogens is 4. The lowest BCUT2D eigenvalue weighted by molar-refractivity contribution is -0.159. The van der Waals surface area contributed by atoms with Crippen molar-refractivity contribution in [2.24, 2.45) is 16.7 Å². The summed E-state index contributed by atoms with van der Waals surface area (Å²) < 4.78 is 80.2. The minimum absolute atomic E-state index is 0.153. The molecule has 0 saturated carbocycles. The van der Waals surface area contributed by atoms with Gasteiger partial charge >= 0.3 is 23.9 Å². The quantitative estimate of drug-likeness (QED) is 0.0210. The highest BCUT2D eigenvalue weighted by Gasteiger charge is 2.46. The van der Waals surface area contributed by atoms with Crippen LogP contribution in [0.15, 0.2) is 291 Å². The highest BCUT2D eigenvalue weighted by Crippen LogP contribution is 2.46. The van der Waals surface area contributed by atoms with E-state index < -0.39 is 58.4 Å². The maximum atomic E-state index is 13.8. The van der Waals surface area contributed by atoms with Crippen LogP contribution in [0, 0.1) is 40.0 Å². The number of benzene rings is 11. The molecule has 0 bridgehead atoms. The molecule has 5 aromatic heterocycles. The second-order valence-corrected chi connectivity index (χ2v) is 28.9. The molecule has 119 heavy (non-hydrogen) atoms. The first-order valence-corrected chi connectivity index (χ1v) is 38.1. The molecule has 0 spiro atoms. The molecule has 5 heterocycles. The van der Waals surface area contributed by atoms with Crippen molar-refractivity contribution in [3.05, 3.63) is 353 Å². The van der Waals surface area contributed by atoms with Gasteiger partial charge in [0.2, 0.25) is 11.0 Å². The third-order valence-electron chi connectivity index (χ3n) is 20.4. The van der Waals surface area contributed by atoms with E-state index in [9.17, 15) is 51.4 Å². The van der Waals surface area contributed by atoms with E-state index in [1.54, 1.807) is 118 Å². The van der Waals surface area contributed by atoms with E-state index in [4.69, 9.17) is 18.9 Å². The molecule has 2 N–H and O–H groups in total. The Morgan fingerprint density at radius 2 is 0.815 bits per heavy atom. The summed E-state index contributed by atoms with van der Waals surface area (Å²) in [6, 6.07) is 75.4. The number of amides is 1. The topological polar surface area (TPSA) is 269 Å². The number of aliphatic hydroxyl groups is 1. The summed E-state index contributed by atoms with van der Waals surface area (Å²) in [5, 5.41) is 42.2. The van der Waals surface area contributed by atoms with Crippen molar-refractivity contribution >= 4 is 96.2 Å². The Bertz CT molecular complexity index is 6220. The van der Waals surface area contributed by atoms with Crippen molar-refractivity contribution in [2.45, 2.75) is 38.5 Å². The number of hydrogen-bond acceptors (Lipinski definition) is 18. The van der Waals surface area contributed by atoms with Gasteiger partial charge in [-0.05, 0) is 199 Å². The number of rotatable bonds is 22. The van der Waals surface area contributed by atoms with E-state index in [-0.39, 0.29) is 42.4 Å². The zero-order valence-corrected chi connectivity index (χ0v) is 65.8. The third kappa shape index (κ3) is 18.3. The van der Waals surface area contributed by atoms with Crippen molar-refractivity contribution < 1.29 is 70.4 Å². The molecule has 0 radical (unpaired) electrons. The molecule has 16 rings (SSSR count). The van der Waals surface area contributed by atoms with Crippen molar-refractivity contribution in [3.63, 3.8) is 0 Å². The molecule has 0 fully saturated rings.